The number of aryl methyl sites for hydroxylation is 1. The second-order valence-corrected chi connectivity index (χ2v) is 6.16. The molecule has 0 aliphatic heterocycles. The Bertz CT molecular complexity index is 967. The summed E-state index contributed by atoms with van der Waals surface area (Å²) in [5.41, 5.74) is 10.6. The van der Waals surface area contributed by atoms with Crippen molar-refractivity contribution >= 4 is 17.3 Å². The van der Waals surface area contributed by atoms with Crippen LogP contribution >= 0.6 is 0 Å². The number of carbonyl (C=O) groups is 1. The zero-order chi connectivity index (χ0) is 18.5. The maximum atomic E-state index is 12.5. The van der Waals surface area contributed by atoms with E-state index in [0.29, 0.717) is 17.8 Å². The molecule has 3 aromatic rings. The lowest BCUT2D eigenvalue weighted by Crippen LogP contribution is -2.21. The third-order valence-corrected chi connectivity index (χ3v) is 4.29. The molecule has 0 unspecified atom stereocenters. The molecule has 0 bridgehead atoms. The van der Waals surface area contributed by atoms with Crippen LogP contribution in [-0.4, -0.2) is 10.5 Å². The molecular formula is C21H20N4O. The largest absolute Gasteiger partial charge is 0.397 e. The van der Waals surface area contributed by atoms with Gasteiger partial charge in [0.1, 0.15) is 18.3 Å². The van der Waals surface area contributed by atoms with E-state index in [1.165, 1.54) is 0 Å². The Morgan fingerprint density at radius 1 is 1.15 bits per heavy atom. The average molecular weight is 344 g/mol. The van der Waals surface area contributed by atoms with E-state index in [1.807, 2.05) is 61.5 Å². The molecule has 130 valence electrons. The predicted molar refractivity (Wildman–Crippen MR) is 103 cm³/mol. The molecule has 0 saturated carbocycles. The van der Waals surface area contributed by atoms with Crippen LogP contribution in [0.4, 0.5) is 11.4 Å². The van der Waals surface area contributed by atoms with Crippen LogP contribution in [0.2, 0.25) is 0 Å². The number of anilines is 2. The number of nitrogens with two attached hydrogens (primary N) is 1. The van der Waals surface area contributed by atoms with Gasteiger partial charge in [-0.05, 0) is 30.2 Å². The molecule has 3 rings (SSSR count). The summed E-state index contributed by atoms with van der Waals surface area (Å²) in [7, 11) is 0. The van der Waals surface area contributed by atoms with Crippen LogP contribution in [0.3, 0.4) is 0 Å². The summed E-state index contributed by atoms with van der Waals surface area (Å²) in [5, 5.41) is 12.3. The number of nitrogens with zero attached hydrogens (tertiary/aromatic N) is 2. The molecular weight excluding hydrogens is 324 g/mol. The first-order valence-corrected chi connectivity index (χ1v) is 8.36. The van der Waals surface area contributed by atoms with Gasteiger partial charge in [0, 0.05) is 17.8 Å². The van der Waals surface area contributed by atoms with Gasteiger partial charge in [-0.25, -0.2) is 0 Å². The minimum Gasteiger partial charge on any atom is -0.397 e. The number of carbonyl (C=O) groups excluding carboxylic acids is 1. The van der Waals surface area contributed by atoms with Crippen LogP contribution in [0.15, 0.2) is 60.7 Å². The molecule has 0 atom stereocenters. The van der Waals surface area contributed by atoms with Gasteiger partial charge in [-0.2, -0.15) is 5.26 Å². The molecule has 5 nitrogen and oxygen atoms in total. The van der Waals surface area contributed by atoms with Gasteiger partial charge in [-0.1, -0.05) is 48.5 Å². The van der Waals surface area contributed by atoms with Crippen LogP contribution < -0.4 is 11.1 Å². The normalized spacial score (nSPS) is 10.3. The molecule has 1 amide bonds. The van der Waals surface area contributed by atoms with Gasteiger partial charge < -0.3 is 15.6 Å². The Morgan fingerprint density at radius 3 is 2.54 bits per heavy atom. The Labute approximate surface area is 152 Å². The van der Waals surface area contributed by atoms with Gasteiger partial charge in [0.2, 0.25) is 5.91 Å². The highest BCUT2D eigenvalue weighted by Gasteiger charge is 2.16. The molecule has 0 saturated heterocycles. The number of nitrogens with one attached hydrogen (secondary N) is 1. The molecule has 0 aliphatic rings. The first-order valence-electron chi connectivity index (χ1n) is 8.36. The predicted octanol–water partition coefficient (Wildman–Crippen LogP) is 3.48. The number of amides is 1. The molecule has 0 spiro atoms. The minimum absolute atomic E-state index is 0.0383. The van der Waals surface area contributed by atoms with Crippen molar-refractivity contribution in [3.05, 3.63) is 83.2 Å². The molecule has 1 aromatic heterocycles. The highest BCUT2D eigenvalue weighted by Crippen LogP contribution is 2.22. The Balaban J connectivity index is 1.85. The van der Waals surface area contributed by atoms with Crippen molar-refractivity contribution in [2.75, 3.05) is 11.1 Å². The van der Waals surface area contributed by atoms with Gasteiger partial charge in [0.15, 0.2) is 0 Å². The van der Waals surface area contributed by atoms with Crippen LogP contribution in [0.25, 0.3) is 0 Å². The molecule has 0 radical (unpaired) electrons. The van der Waals surface area contributed by atoms with Gasteiger partial charge in [0.25, 0.3) is 0 Å². The molecule has 3 N–H and O–H groups in total. The average Bonchev–Trinajstić information content (AvgIpc) is 2.93. The summed E-state index contributed by atoms with van der Waals surface area (Å²) in [4.78, 5) is 12.5. The standard InChI is InChI=1S/C21H20N4O/c1-15-7-5-6-10-19(15)24-21(26)14-25-17(13-22)12-18(23)20(25)11-16-8-3-2-4-9-16/h2-10,12H,11,14,23H2,1H3,(H,24,26). The van der Waals surface area contributed by atoms with Crippen LogP contribution in [0.1, 0.15) is 22.5 Å². The summed E-state index contributed by atoms with van der Waals surface area (Å²) in [6.07, 6.45) is 0.562. The zero-order valence-electron chi connectivity index (χ0n) is 14.6. The van der Waals surface area contributed by atoms with E-state index in [0.717, 1.165) is 22.5 Å². The Kier molecular flexibility index (Phi) is 5.04. The molecule has 2 aromatic carbocycles. The van der Waals surface area contributed by atoms with Crippen LogP contribution in [0.5, 0.6) is 0 Å². The van der Waals surface area contributed by atoms with E-state index in [4.69, 9.17) is 5.73 Å². The van der Waals surface area contributed by atoms with Crippen LogP contribution in [0, 0.1) is 18.3 Å². The first kappa shape index (κ1) is 17.3. The summed E-state index contributed by atoms with van der Waals surface area (Å²) in [6.45, 7) is 1.97. The topological polar surface area (TPSA) is 83.8 Å². The highest BCUT2D eigenvalue weighted by molar-refractivity contribution is 5.91. The Morgan fingerprint density at radius 2 is 1.85 bits per heavy atom. The summed E-state index contributed by atoms with van der Waals surface area (Å²) in [6, 6.07) is 21.2. The van der Waals surface area contributed by atoms with Crippen LogP contribution in [-0.2, 0) is 17.8 Å². The van der Waals surface area contributed by atoms with Crippen molar-refractivity contribution < 1.29 is 4.79 Å². The fourth-order valence-electron chi connectivity index (χ4n) is 2.92. The SMILES string of the molecule is Cc1ccccc1NC(=O)Cn1c(C#N)cc(N)c1Cc1ccccc1. The molecule has 5 heteroatoms. The number of hydrogen-bond donors (Lipinski definition) is 2. The second kappa shape index (κ2) is 7.58. The number of hydrogen-bond acceptors (Lipinski definition) is 3. The van der Waals surface area contributed by atoms with E-state index in [1.54, 1.807) is 10.6 Å². The third-order valence-electron chi connectivity index (χ3n) is 4.29. The number of nitrogen functional groups attached to an aromatic ring is 1. The monoisotopic (exact) mass is 344 g/mol. The lowest BCUT2D eigenvalue weighted by atomic mass is 10.1. The second-order valence-electron chi connectivity index (χ2n) is 6.16. The van der Waals surface area contributed by atoms with Crippen molar-refractivity contribution in [1.82, 2.24) is 4.57 Å². The Hall–Kier alpha value is -3.52. The first-order chi connectivity index (χ1) is 12.6. The summed E-state index contributed by atoms with van der Waals surface area (Å²) < 4.78 is 1.69. The van der Waals surface area contributed by atoms with E-state index >= 15 is 0 Å². The third kappa shape index (κ3) is 3.76. The minimum atomic E-state index is -0.194. The van der Waals surface area contributed by atoms with Gasteiger partial charge in [0.05, 0.1) is 5.69 Å². The molecule has 1 heterocycles. The van der Waals surface area contributed by atoms with Crippen molar-refractivity contribution in [3.8, 4) is 6.07 Å². The van der Waals surface area contributed by atoms with E-state index in [2.05, 4.69) is 11.4 Å². The van der Waals surface area contributed by atoms with Crippen molar-refractivity contribution in [1.29, 1.82) is 5.26 Å². The van der Waals surface area contributed by atoms with E-state index < -0.39 is 0 Å². The quantitative estimate of drug-likeness (QED) is 0.743. The van der Waals surface area contributed by atoms with E-state index in [9.17, 15) is 10.1 Å². The number of aromatic nitrogens is 1. The van der Waals surface area contributed by atoms with Gasteiger partial charge >= 0.3 is 0 Å². The smallest absolute Gasteiger partial charge is 0.244 e. The molecule has 0 aliphatic carbocycles. The summed E-state index contributed by atoms with van der Waals surface area (Å²) in [5.74, 6) is -0.194. The van der Waals surface area contributed by atoms with E-state index in [-0.39, 0.29) is 12.5 Å². The maximum absolute atomic E-state index is 12.5. The molecule has 26 heavy (non-hydrogen) atoms. The number of para-hydroxylation sites is 1. The number of rotatable bonds is 5. The summed E-state index contributed by atoms with van der Waals surface area (Å²) >= 11 is 0. The van der Waals surface area contributed by atoms with Crippen molar-refractivity contribution in [2.45, 2.75) is 19.9 Å². The van der Waals surface area contributed by atoms with Gasteiger partial charge in [-0.3, -0.25) is 4.79 Å². The van der Waals surface area contributed by atoms with Crippen molar-refractivity contribution in [2.24, 2.45) is 0 Å². The molecule has 0 fully saturated rings. The highest BCUT2D eigenvalue weighted by atomic mass is 16.1. The fraction of sp³-hybridized carbons (Fsp3) is 0.143. The lowest BCUT2D eigenvalue weighted by Gasteiger charge is -2.13. The lowest BCUT2D eigenvalue weighted by molar-refractivity contribution is -0.116. The maximum Gasteiger partial charge on any atom is 0.244 e. The fourth-order valence-corrected chi connectivity index (χ4v) is 2.92. The van der Waals surface area contributed by atoms with Crippen molar-refractivity contribution in [3.63, 3.8) is 0 Å². The van der Waals surface area contributed by atoms with Gasteiger partial charge in [-0.15, -0.1) is 0 Å². The number of nitriles is 1. The zero-order valence-corrected chi connectivity index (χ0v) is 14.6. The number of benzene rings is 2.